The first-order valence-electron chi connectivity index (χ1n) is 10.4. The Kier molecular flexibility index (Phi) is 5.29. The number of hydrogen-bond acceptors (Lipinski definition) is 4. The lowest BCUT2D eigenvalue weighted by molar-refractivity contribution is 0.0929. The summed E-state index contributed by atoms with van der Waals surface area (Å²) in [5, 5.41) is 9.81. The molecule has 166 valence electrons. The van der Waals surface area contributed by atoms with Gasteiger partial charge in [-0.15, -0.1) is 0 Å². The van der Waals surface area contributed by atoms with Crippen molar-refractivity contribution in [1.82, 2.24) is 25.2 Å². The van der Waals surface area contributed by atoms with Crippen LogP contribution in [0.25, 0.3) is 5.65 Å². The van der Waals surface area contributed by atoms with Crippen LogP contribution in [-0.2, 0) is 13.0 Å². The van der Waals surface area contributed by atoms with Crippen molar-refractivity contribution in [3.63, 3.8) is 0 Å². The number of nitrogens with zero attached hydrogens (tertiary/aromatic N) is 3. The Morgan fingerprint density at radius 3 is 2.73 bits per heavy atom. The summed E-state index contributed by atoms with van der Waals surface area (Å²) in [5.74, 6) is -2.88. The summed E-state index contributed by atoms with van der Waals surface area (Å²) in [6.07, 6.45) is 3.17. The molecule has 0 unspecified atom stereocenters. The molecule has 0 saturated carbocycles. The number of halogens is 2. The Bertz CT molecular complexity index is 1380. The van der Waals surface area contributed by atoms with Crippen LogP contribution in [0.2, 0.25) is 0 Å². The molecule has 2 amide bonds. The van der Waals surface area contributed by atoms with Crippen LogP contribution >= 0.6 is 0 Å². The molecule has 33 heavy (non-hydrogen) atoms. The molecular formula is C24H19F2N5O2. The second-order valence-electron chi connectivity index (χ2n) is 7.82. The lowest BCUT2D eigenvalue weighted by Gasteiger charge is -2.15. The average molecular weight is 447 g/mol. The zero-order valence-electron chi connectivity index (χ0n) is 17.4. The highest BCUT2D eigenvalue weighted by molar-refractivity contribution is 5.98. The molecule has 4 aromatic rings. The van der Waals surface area contributed by atoms with Gasteiger partial charge in [-0.3, -0.25) is 9.59 Å². The third-order valence-corrected chi connectivity index (χ3v) is 5.70. The highest BCUT2D eigenvalue weighted by Crippen LogP contribution is 2.30. The molecular weight excluding hydrogens is 428 g/mol. The van der Waals surface area contributed by atoms with Gasteiger partial charge >= 0.3 is 0 Å². The molecule has 7 nitrogen and oxygen atoms in total. The van der Waals surface area contributed by atoms with Gasteiger partial charge < -0.3 is 10.6 Å². The van der Waals surface area contributed by atoms with Crippen molar-refractivity contribution in [2.24, 2.45) is 0 Å². The second kappa shape index (κ2) is 8.42. The molecule has 0 bridgehead atoms. The minimum absolute atomic E-state index is 0.0163. The number of carbonyl (C=O) groups is 2. The van der Waals surface area contributed by atoms with Crippen LogP contribution in [0.3, 0.4) is 0 Å². The van der Waals surface area contributed by atoms with Crippen LogP contribution in [0.1, 0.15) is 50.1 Å². The van der Waals surface area contributed by atoms with E-state index in [2.05, 4.69) is 26.8 Å². The fraction of sp³-hybridized carbons (Fsp3) is 0.167. The van der Waals surface area contributed by atoms with E-state index in [-0.39, 0.29) is 29.9 Å². The zero-order chi connectivity index (χ0) is 22.9. The van der Waals surface area contributed by atoms with E-state index in [9.17, 15) is 18.4 Å². The van der Waals surface area contributed by atoms with Gasteiger partial charge in [-0.25, -0.2) is 18.3 Å². The fourth-order valence-electron chi connectivity index (χ4n) is 4.05. The van der Waals surface area contributed by atoms with Crippen molar-refractivity contribution in [3.05, 3.63) is 101 Å². The Morgan fingerprint density at radius 2 is 1.88 bits per heavy atom. The van der Waals surface area contributed by atoms with Gasteiger partial charge in [-0.05, 0) is 41.7 Å². The van der Waals surface area contributed by atoms with Crippen molar-refractivity contribution in [2.45, 2.75) is 25.4 Å². The summed E-state index contributed by atoms with van der Waals surface area (Å²) < 4.78 is 27.9. The van der Waals surface area contributed by atoms with Crippen molar-refractivity contribution < 1.29 is 18.4 Å². The Hall–Kier alpha value is -4.14. The van der Waals surface area contributed by atoms with Crippen molar-refractivity contribution in [2.75, 3.05) is 0 Å². The van der Waals surface area contributed by atoms with E-state index >= 15 is 0 Å². The molecule has 0 saturated heterocycles. The monoisotopic (exact) mass is 447 g/mol. The molecule has 1 atom stereocenters. The summed E-state index contributed by atoms with van der Waals surface area (Å²) in [4.78, 5) is 30.1. The standard InChI is InChI=1S/C24H19F2N5O2/c25-17-7-5-14(11-18(17)26)13-27-23(32)20-12-21(31-22(29-20)9-10-28-31)24(33)30-19-8-6-15-3-1-2-4-16(15)19/h1-5,7,9-12,19H,6,8,13H2,(H,27,32)(H,30,33)/t19-/m1/s1. The van der Waals surface area contributed by atoms with Crippen LogP contribution in [-0.4, -0.2) is 26.4 Å². The van der Waals surface area contributed by atoms with Gasteiger partial charge in [0.2, 0.25) is 0 Å². The van der Waals surface area contributed by atoms with Gasteiger partial charge in [0.25, 0.3) is 11.8 Å². The number of fused-ring (bicyclic) bond motifs is 2. The number of amides is 2. The third kappa shape index (κ3) is 4.05. The predicted molar refractivity (Wildman–Crippen MR) is 115 cm³/mol. The van der Waals surface area contributed by atoms with E-state index in [0.717, 1.165) is 30.5 Å². The molecule has 1 aliphatic rings. The highest BCUT2D eigenvalue weighted by Gasteiger charge is 2.25. The highest BCUT2D eigenvalue weighted by atomic mass is 19.2. The first kappa shape index (κ1) is 20.7. The Morgan fingerprint density at radius 1 is 1.03 bits per heavy atom. The number of hydrogen-bond donors (Lipinski definition) is 2. The van der Waals surface area contributed by atoms with Gasteiger partial charge in [0.15, 0.2) is 17.3 Å². The van der Waals surface area contributed by atoms with E-state index in [1.54, 1.807) is 6.07 Å². The van der Waals surface area contributed by atoms with Gasteiger partial charge in [-0.1, -0.05) is 30.3 Å². The lowest BCUT2D eigenvalue weighted by Crippen LogP contribution is -2.30. The molecule has 2 N–H and O–H groups in total. The van der Waals surface area contributed by atoms with Crippen LogP contribution in [0.15, 0.2) is 60.8 Å². The molecule has 0 aliphatic heterocycles. The largest absolute Gasteiger partial charge is 0.347 e. The number of carbonyl (C=O) groups excluding carboxylic acids is 2. The van der Waals surface area contributed by atoms with Crippen LogP contribution in [0.5, 0.6) is 0 Å². The first-order chi connectivity index (χ1) is 16.0. The topological polar surface area (TPSA) is 88.4 Å². The number of benzene rings is 2. The van der Waals surface area contributed by atoms with Gasteiger partial charge in [0, 0.05) is 18.7 Å². The summed E-state index contributed by atoms with van der Waals surface area (Å²) >= 11 is 0. The maximum atomic E-state index is 13.4. The van der Waals surface area contributed by atoms with E-state index in [1.807, 2.05) is 18.2 Å². The maximum absolute atomic E-state index is 13.4. The van der Waals surface area contributed by atoms with Crippen LogP contribution in [0.4, 0.5) is 8.78 Å². The molecule has 0 fully saturated rings. The predicted octanol–water partition coefficient (Wildman–Crippen LogP) is 3.35. The fourth-order valence-corrected chi connectivity index (χ4v) is 4.05. The third-order valence-electron chi connectivity index (χ3n) is 5.70. The molecule has 2 aromatic heterocycles. The van der Waals surface area contributed by atoms with E-state index in [1.165, 1.54) is 28.4 Å². The van der Waals surface area contributed by atoms with Crippen molar-refractivity contribution in [1.29, 1.82) is 0 Å². The number of rotatable bonds is 5. The quantitative estimate of drug-likeness (QED) is 0.491. The summed E-state index contributed by atoms with van der Waals surface area (Å²) in [6, 6.07) is 14.2. The van der Waals surface area contributed by atoms with Crippen molar-refractivity contribution >= 4 is 17.5 Å². The molecule has 9 heteroatoms. The normalized spacial score (nSPS) is 14.8. The van der Waals surface area contributed by atoms with E-state index in [4.69, 9.17) is 0 Å². The molecule has 5 rings (SSSR count). The van der Waals surface area contributed by atoms with Gasteiger partial charge in [-0.2, -0.15) is 5.10 Å². The summed E-state index contributed by atoms with van der Waals surface area (Å²) in [5.41, 5.74) is 3.22. The smallest absolute Gasteiger partial charge is 0.270 e. The molecule has 0 spiro atoms. The van der Waals surface area contributed by atoms with Crippen LogP contribution < -0.4 is 10.6 Å². The minimum atomic E-state index is -0.993. The number of nitrogens with one attached hydrogen (secondary N) is 2. The summed E-state index contributed by atoms with van der Waals surface area (Å²) in [6.45, 7) is -0.0253. The molecule has 2 heterocycles. The Labute approximate surface area is 187 Å². The maximum Gasteiger partial charge on any atom is 0.270 e. The lowest BCUT2D eigenvalue weighted by atomic mass is 10.1. The molecule has 0 radical (unpaired) electrons. The zero-order valence-corrected chi connectivity index (χ0v) is 17.4. The van der Waals surface area contributed by atoms with E-state index < -0.39 is 17.5 Å². The second-order valence-corrected chi connectivity index (χ2v) is 7.82. The summed E-state index contributed by atoms with van der Waals surface area (Å²) in [7, 11) is 0. The first-order valence-corrected chi connectivity index (χ1v) is 10.4. The number of aryl methyl sites for hydroxylation is 1. The molecule has 2 aromatic carbocycles. The SMILES string of the molecule is O=C(NCc1ccc(F)c(F)c1)c1cc(C(=O)N[C@@H]2CCc3ccccc32)n2nccc2n1. The van der Waals surface area contributed by atoms with Crippen molar-refractivity contribution in [3.8, 4) is 0 Å². The van der Waals surface area contributed by atoms with Gasteiger partial charge in [0.1, 0.15) is 11.4 Å². The minimum Gasteiger partial charge on any atom is -0.347 e. The Balaban J connectivity index is 1.37. The number of aromatic nitrogens is 3. The van der Waals surface area contributed by atoms with E-state index in [0.29, 0.717) is 11.2 Å². The average Bonchev–Trinajstić information content (AvgIpc) is 3.46. The molecule has 1 aliphatic carbocycles. The van der Waals surface area contributed by atoms with Gasteiger partial charge in [0.05, 0.1) is 12.2 Å². The van der Waals surface area contributed by atoms with Crippen LogP contribution in [0, 0.1) is 11.6 Å².